The van der Waals surface area contributed by atoms with E-state index in [1.54, 1.807) is 11.9 Å². The number of anilines is 1. The predicted molar refractivity (Wildman–Crippen MR) is 151 cm³/mol. The van der Waals surface area contributed by atoms with Crippen molar-refractivity contribution in [3.05, 3.63) is 54.4 Å². The highest BCUT2D eigenvalue weighted by atomic mass is 32.2. The molecule has 1 heterocycles. The molecule has 2 aromatic carbocycles. The third kappa shape index (κ3) is 8.92. The number of carbonyl (C=O) groups is 2. The molecule has 0 N–H and O–H groups in total. The summed E-state index contributed by atoms with van der Waals surface area (Å²) < 4.78 is 11.7. The largest absolute Gasteiger partial charge is 0.464 e. The Morgan fingerprint density at radius 1 is 0.919 bits per heavy atom. The zero-order valence-corrected chi connectivity index (χ0v) is 23.2. The van der Waals surface area contributed by atoms with Crippen molar-refractivity contribution in [3.63, 3.8) is 0 Å². The van der Waals surface area contributed by atoms with E-state index in [1.165, 1.54) is 70.1 Å². The lowest BCUT2D eigenvalue weighted by Crippen LogP contribution is -2.23. The number of ether oxygens (including phenoxy) is 1. The number of para-hydroxylation sites is 3. The van der Waals surface area contributed by atoms with Gasteiger partial charge in [-0.05, 0) is 30.7 Å². The number of rotatable bonds is 16. The van der Waals surface area contributed by atoms with E-state index in [-0.39, 0.29) is 11.9 Å². The minimum Gasteiger partial charge on any atom is -0.464 e. The fourth-order valence-corrected chi connectivity index (χ4v) is 5.27. The van der Waals surface area contributed by atoms with Crippen LogP contribution in [0.25, 0.3) is 11.1 Å². The van der Waals surface area contributed by atoms with E-state index in [4.69, 9.17) is 9.15 Å². The van der Waals surface area contributed by atoms with Gasteiger partial charge in [-0.3, -0.25) is 9.59 Å². The van der Waals surface area contributed by atoms with Crippen LogP contribution in [-0.2, 0) is 14.3 Å². The summed E-state index contributed by atoms with van der Waals surface area (Å²) in [5, 5.41) is -0.781. The molecule has 0 saturated carbocycles. The summed E-state index contributed by atoms with van der Waals surface area (Å²) >= 11 is 1.30. The highest BCUT2D eigenvalue weighted by molar-refractivity contribution is 8.00. The van der Waals surface area contributed by atoms with Crippen molar-refractivity contribution in [3.8, 4) is 0 Å². The van der Waals surface area contributed by atoms with E-state index >= 15 is 0 Å². The van der Waals surface area contributed by atoms with E-state index in [2.05, 4.69) is 11.9 Å². The summed E-state index contributed by atoms with van der Waals surface area (Å²) in [7, 11) is 1.72. The molecule has 3 aromatic rings. The van der Waals surface area contributed by atoms with Crippen LogP contribution in [-0.4, -0.2) is 30.5 Å². The van der Waals surface area contributed by atoms with Crippen molar-refractivity contribution < 1.29 is 18.7 Å². The number of benzene rings is 2. The first kappa shape index (κ1) is 28.8. The molecule has 1 atom stereocenters. The average molecular weight is 525 g/mol. The van der Waals surface area contributed by atoms with E-state index in [1.807, 2.05) is 48.5 Å². The van der Waals surface area contributed by atoms with Crippen molar-refractivity contribution in [2.24, 2.45) is 0 Å². The molecule has 0 fully saturated rings. The molecule has 0 aliphatic rings. The van der Waals surface area contributed by atoms with Gasteiger partial charge in [-0.25, -0.2) is 4.98 Å². The second-order valence-corrected chi connectivity index (χ2v) is 10.6. The molecule has 6 nitrogen and oxygen atoms in total. The van der Waals surface area contributed by atoms with Gasteiger partial charge in [0.05, 0.1) is 12.3 Å². The summed E-state index contributed by atoms with van der Waals surface area (Å²) in [6, 6.07) is 15.0. The van der Waals surface area contributed by atoms with Crippen molar-refractivity contribution in [1.82, 2.24) is 4.98 Å². The summed E-state index contributed by atoms with van der Waals surface area (Å²) in [6.45, 7) is 4.13. The minimum atomic E-state index is -0.781. The number of nitrogens with zero attached hydrogens (tertiary/aromatic N) is 2. The Morgan fingerprint density at radius 2 is 1.54 bits per heavy atom. The standard InChI is InChI=1S/C30H40N2O4S/c1-4-5-6-7-8-9-10-11-12-17-22-35-30(34)28(29-31-24-18-13-15-20-26(24)36-29)37-27-21-16-14-19-25(27)32(3)23(2)33/h13-16,18-21,28H,4-12,17,22H2,1-3H3. The smallest absolute Gasteiger partial charge is 0.329 e. The Hall–Kier alpha value is -2.80. The highest BCUT2D eigenvalue weighted by Gasteiger charge is 2.30. The minimum absolute atomic E-state index is 0.0880. The van der Waals surface area contributed by atoms with E-state index in [0.29, 0.717) is 23.6 Å². The normalized spacial score (nSPS) is 12.0. The second kappa shape index (κ2) is 15.5. The number of aromatic nitrogens is 1. The second-order valence-electron chi connectivity index (χ2n) is 9.41. The van der Waals surface area contributed by atoms with Gasteiger partial charge in [0.1, 0.15) is 5.52 Å². The number of carbonyl (C=O) groups excluding carboxylic acids is 2. The molecule has 0 spiro atoms. The van der Waals surface area contributed by atoms with Gasteiger partial charge in [-0.2, -0.15) is 0 Å². The zero-order valence-electron chi connectivity index (χ0n) is 22.4. The number of fused-ring (bicyclic) bond motifs is 1. The number of hydrogen-bond acceptors (Lipinski definition) is 6. The summed E-state index contributed by atoms with van der Waals surface area (Å²) in [6.07, 6.45) is 12.2. The molecule has 1 unspecified atom stereocenters. The molecule has 7 heteroatoms. The fourth-order valence-electron chi connectivity index (χ4n) is 4.17. The molecule has 0 bridgehead atoms. The van der Waals surface area contributed by atoms with Gasteiger partial charge in [0.25, 0.3) is 0 Å². The third-order valence-corrected chi connectivity index (χ3v) is 7.66. The van der Waals surface area contributed by atoms with Gasteiger partial charge in [-0.1, -0.05) is 101 Å². The van der Waals surface area contributed by atoms with Crippen LogP contribution >= 0.6 is 11.8 Å². The quantitative estimate of drug-likeness (QED) is 0.107. The van der Waals surface area contributed by atoms with Gasteiger partial charge in [-0.15, -0.1) is 0 Å². The van der Waals surface area contributed by atoms with Crippen LogP contribution in [0.4, 0.5) is 5.69 Å². The van der Waals surface area contributed by atoms with Crippen molar-refractivity contribution >= 4 is 40.4 Å². The Bertz CT molecular complexity index is 1100. The van der Waals surface area contributed by atoms with Gasteiger partial charge in [0.15, 0.2) is 10.8 Å². The Balaban J connectivity index is 1.60. The lowest BCUT2D eigenvalue weighted by Gasteiger charge is -2.20. The van der Waals surface area contributed by atoms with Gasteiger partial charge in [0, 0.05) is 18.9 Å². The molecular weight excluding hydrogens is 484 g/mol. The van der Waals surface area contributed by atoms with Crippen molar-refractivity contribution in [2.75, 3.05) is 18.6 Å². The lowest BCUT2D eigenvalue weighted by molar-refractivity contribution is -0.143. The topological polar surface area (TPSA) is 72.6 Å². The van der Waals surface area contributed by atoms with E-state index in [9.17, 15) is 9.59 Å². The molecule has 3 rings (SSSR count). The maximum atomic E-state index is 13.3. The number of unbranched alkanes of at least 4 members (excludes halogenated alkanes) is 9. The summed E-state index contributed by atoms with van der Waals surface area (Å²) in [4.78, 5) is 32.2. The Labute approximate surface area is 225 Å². The van der Waals surface area contributed by atoms with Crippen molar-refractivity contribution in [1.29, 1.82) is 0 Å². The first-order valence-electron chi connectivity index (χ1n) is 13.5. The van der Waals surface area contributed by atoms with Crippen LogP contribution < -0.4 is 4.90 Å². The number of thioether (sulfide) groups is 1. The third-order valence-electron chi connectivity index (χ3n) is 6.43. The zero-order chi connectivity index (χ0) is 26.5. The van der Waals surface area contributed by atoms with Crippen LogP contribution in [0, 0.1) is 0 Å². The molecule has 37 heavy (non-hydrogen) atoms. The van der Waals surface area contributed by atoms with Gasteiger partial charge >= 0.3 is 5.97 Å². The maximum absolute atomic E-state index is 13.3. The fraction of sp³-hybridized carbons (Fsp3) is 0.500. The molecule has 200 valence electrons. The summed E-state index contributed by atoms with van der Waals surface area (Å²) in [5.41, 5.74) is 2.04. The van der Waals surface area contributed by atoms with Crippen LogP contribution in [0.2, 0.25) is 0 Å². The van der Waals surface area contributed by atoms with Gasteiger partial charge < -0.3 is 14.1 Å². The lowest BCUT2D eigenvalue weighted by atomic mass is 10.1. The first-order chi connectivity index (χ1) is 18.0. The maximum Gasteiger partial charge on any atom is 0.329 e. The first-order valence-corrected chi connectivity index (χ1v) is 14.4. The molecule has 0 aliphatic carbocycles. The predicted octanol–water partition coefficient (Wildman–Crippen LogP) is 8.11. The average Bonchev–Trinajstić information content (AvgIpc) is 3.34. The molecule has 1 aromatic heterocycles. The molecule has 0 saturated heterocycles. The Kier molecular flexibility index (Phi) is 12.0. The van der Waals surface area contributed by atoms with E-state index < -0.39 is 5.25 Å². The molecular formula is C30H40N2O4S. The van der Waals surface area contributed by atoms with E-state index in [0.717, 1.165) is 23.4 Å². The monoisotopic (exact) mass is 524 g/mol. The number of hydrogen-bond donors (Lipinski definition) is 0. The number of esters is 1. The van der Waals surface area contributed by atoms with Crippen LogP contribution in [0.15, 0.2) is 57.8 Å². The highest BCUT2D eigenvalue weighted by Crippen LogP contribution is 2.41. The van der Waals surface area contributed by atoms with Crippen molar-refractivity contribution in [2.45, 2.75) is 88.2 Å². The van der Waals surface area contributed by atoms with Crippen LogP contribution in [0.1, 0.15) is 89.2 Å². The molecule has 1 amide bonds. The van der Waals surface area contributed by atoms with Crippen LogP contribution in [0.5, 0.6) is 0 Å². The Morgan fingerprint density at radius 3 is 2.22 bits per heavy atom. The van der Waals surface area contributed by atoms with Crippen LogP contribution in [0.3, 0.4) is 0 Å². The van der Waals surface area contributed by atoms with Gasteiger partial charge in [0.2, 0.25) is 11.8 Å². The summed E-state index contributed by atoms with van der Waals surface area (Å²) in [5.74, 6) is -0.165. The SMILES string of the molecule is CCCCCCCCCCCCOC(=O)C(Sc1ccccc1N(C)C(C)=O)c1nc2ccccc2o1. The molecule has 0 aliphatic heterocycles. The number of oxazole rings is 1. The number of amides is 1. The molecule has 0 radical (unpaired) electrons.